The molecule has 0 bridgehead atoms. The van der Waals surface area contributed by atoms with Crippen LogP contribution >= 0.6 is 11.3 Å². The number of likely N-dealkylation sites (tertiary alicyclic amines) is 2. The summed E-state index contributed by atoms with van der Waals surface area (Å²) in [5, 5.41) is 4.37. The van der Waals surface area contributed by atoms with Gasteiger partial charge < -0.3 is 14.8 Å². The van der Waals surface area contributed by atoms with E-state index < -0.39 is 0 Å². The fourth-order valence-electron chi connectivity index (χ4n) is 6.01. The minimum Gasteiger partial charge on any atom is -0.354 e. The van der Waals surface area contributed by atoms with E-state index in [4.69, 9.17) is 0 Å². The molecule has 4 aromatic heterocycles. The van der Waals surface area contributed by atoms with Gasteiger partial charge in [-0.05, 0) is 74.9 Å². The van der Waals surface area contributed by atoms with Gasteiger partial charge in [0.2, 0.25) is 5.91 Å². The fraction of sp³-hybridized carbons (Fsp3) is 0.519. The predicted molar refractivity (Wildman–Crippen MR) is 141 cm³/mol. The van der Waals surface area contributed by atoms with E-state index in [1.54, 1.807) is 6.33 Å². The molecule has 0 radical (unpaired) electrons. The molecule has 35 heavy (non-hydrogen) atoms. The van der Waals surface area contributed by atoms with Crippen molar-refractivity contribution in [2.45, 2.75) is 51.9 Å². The molecule has 2 saturated heterocycles. The first-order valence-electron chi connectivity index (χ1n) is 12.8. The summed E-state index contributed by atoms with van der Waals surface area (Å²) in [5.41, 5.74) is 6.98. The highest BCUT2D eigenvalue weighted by atomic mass is 32.1. The number of piperidine rings is 1. The third kappa shape index (κ3) is 3.96. The molecule has 0 spiro atoms. The second kappa shape index (κ2) is 8.75. The number of amides is 1. The Morgan fingerprint density at radius 2 is 1.97 bits per heavy atom. The van der Waals surface area contributed by atoms with E-state index in [2.05, 4.69) is 71.0 Å². The molecule has 1 unspecified atom stereocenters. The molecule has 6 rings (SSSR count). The lowest BCUT2D eigenvalue weighted by Gasteiger charge is -2.33. The van der Waals surface area contributed by atoms with Gasteiger partial charge in [-0.25, -0.2) is 9.50 Å². The molecule has 4 aromatic rings. The Kier molecular flexibility index (Phi) is 5.68. The smallest absolute Gasteiger partial charge is 0.227 e. The second-order valence-electron chi connectivity index (χ2n) is 10.7. The average molecular weight is 491 g/mol. The minimum absolute atomic E-state index is 0.198. The summed E-state index contributed by atoms with van der Waals surface area (Å²) in [6.07, 6.45) is 6.81. The molecular formula is C27H34N6OS. The monoisotopic (exact) mass is 490 g/mol. The SMILES string of the molecule is Cc1cc(-c2[nH]c3cc(C4CCN(C(=O)C5CCN(C)C5)CC4)sc3c2C(C)C)cn2ncnc12. The van der Waals surface area contributed by atoms with Crippen LogP contribution in [0.25, 0.3) is 27.1 Å². The lowest BCUT2D eigenvalue weighted by Crippen LogP contribution is -2.41. The van der Waals surface area contributed by atoms with Crippen LogP contribution in [-0.4, -0.2) is 68.5 Å². The molecule has 0 aliphatic carbocycles. The van der Waals surface area contributed by atoms with Crippen LogP contribution in [0.1, 0.15) is 60.9 Å². The van der Waals surface area contributed by atoms with E-state index in [0.717, 1.165) is 62.2 Å². The lowest BCUT2D eigenvalue weighted by molar-refractivity contribution is -0.136. The van der Waals surface area contributed by atoms with Gasteiger partial charge in [0.05, 0.1) is 21.8 Å². The highest BCUT2D eigenvalue weighted by Gasteiger charge is 2.33. The number of thiophene rings is 1. The first-order chi connectivity index (χ1) is 16.9. The molecule has 2 aliphatic rings. The first kappa shape index (κ1) is 22.7. The molecule has 1 amide bonds. The molecule has 6 heterocycles. The number of aromatic nitrogens is 4. The maximum absolute atomic E-state index is 13.0. The molecule has 7 nitrogen and oxygen atoms in total. The topological polar surface area (TPSA) is 69.5 Å². The molecule has 184 valence electrons. The Morgan fingerprint density at radius 3 is 2.69 bits per heavy atom. The van der Waals surface area contributed by atoms with Crippen molar-refractivity contribution in [3.05, 3.63) is 40.7 Å². The normalized spacial score (nSPS) is 20.1. The summed E-state index contributed by atoms with van der Waals surface area (Å²) in [4.78, 5) is 26.9. The highest BCUT2D eigenvalue weighted by molar-refractivity contribution is 7.19. The number of carbonyl (C=O) groups excluding carboxylic acids is 1. The van der Waals surface area contributed by atoms with Gasteiger partial charge in [-0.1, -0.05) is 13.8 Å². The van der Waals surface area contributed by atoms with E-state index in [9.17, 15) is 4.79 Å². The van der Waals surface area contributed by atoms with Crippen LogP contribution in [0.15, 0.2) is 24.7 Å². The quantitative estimate of drug-likeness (QED) is 0.436. The number of pyridine rings is 1. The Balaban J connectivity index is 1.25. The van der Waals surface area contributed by atoms with Gasteiger partial charge in [-0.2, -0.15) is 5.10 Å². The molecule has 1 N–H and O–H groups in total. The number of hydrogen-bond donors (Lipinski definition) is 1. The van der Waals surface area contributed by atoms with Crippen LogP contribution in [-0.2, 0) is 4.79 Å². The number of nitrogens with one attached hydrogen (secondary N) is 1. The van der Waals surface area contributed by atoms with Crippen molar-refractivity contribution < 1.29 is 4.79 Å². The molecule has 8 heteroatoms. The Morgan fingerprint density at radius 1 is 1.17 bits per heavy atom. The summed E-state index contributed by atoms with van der Waals surface area (Å²) in [6, 6.07) is 4.57. The molecular weight excluding hydrogens is 456 g/mol. The summed E-state index contributed by atoms with van der Waals surface area (Å²) >= 11 is 1.94. The third-order valence-corrected chi connectivity index (χ3v) is 9.23. The summed E-state index contributed by atoms with van der Waals surface area (Å²) in [5.74, 6) is 1.51. The van der Waals surface area contributed by atoms with Crippen molar-refractivity contribution in [1.29, 1.82) is 0 Å². The number of fused-ring (bicyclic) bond motifs is 2. The summed E-state index contributed by atoms with van der Waals surface area (Å²) in [6.45, 7) is 10.4. The Bertz CT molecular complexity index is 1390. The van der Waals surface area contributed by atoms with Crippen molar-refractivity contribution in [3.63, 3.8) is 0 Å². The molecule has 0 aromatic carbocycles. The van der Waals surface area contributed by atoms with Crippen molar-refractivity contribution in [3.8, 4) is 11.3 Å². The van der Waals surface area contributed by atoms with Crippen molar-refractivity contribution in [2.24, 2.45) is 5.92 Å². The number of hydrogen-bond acceptors (Lipinski definition) is 5. The van der Waals surface area contributed by atoms with Crippen LogP contribution < -0.4 is 0 Å². The van der Waals surface area contributed by atoms with Crippen molar-refractivity contribution in [1.82, 2.24) is 29.4 Å². The number of nitrogens with zero attached hydrogens (tertiary/aromatic N) is 5. The van der Waals surface area contributed by atoms with Crippen LogP contribution in [0.3, 0.4) is 0 Å². The van der Waals surface area contributed by atoms with E-state index in [1.165, 1.54) is 26.4 Å². The van der Waals surface area contributed by atoms with Gasteiger partial charge in [0.1, 0.15) is 6.33 Å². The number of H-pyrrole nitrogens is 1. The van der Waals surface area contributed by atoms with Gasteiger partial charge in [-0.15, -0.1) is 11.3 Å². The number of aromatic amines is 1. The Hall–Kier alpha value is -2.71. The van der Waals surface area contributed by atoms with Gasteiger partial charge >= 0.3 is 0 Å². The Labute approximate surface area is 210 Å². The predicted octanol–water partition coefficient (Wildman–Crippen LogP) is 5.03. The standard InChI is InChI=1S/C27H34N6OS/c1-16(2)23-24(20-11-17(3)26-28-15-29-33(26)14-20)30-21-12-22(35-25(21)23)18-6-9-32(10-7-18)27(34)19-5-8-31(4)13-19/h11-12,14-16,18-19,30H,5-10,13H2,1-4H3. The molecule has 1 atom stereocenters. The van der Waals surface area contributed by atoms with Crippen LogP contribution in [0.2, 0.25) is 0 Å². The summed E-state index contributed by atoms with van der Waals surface area (Å²) in [7, 11) is 2.11. The summed E-state index contributed by atoms with van der Waals surface area (Å²) < 4.78 is 3.24. The second-order valence-corrected chi connectivity index (χ2v) is 11.8. The third-order valence-electron chi connectivity index (χ3n) is 7.90. The molecule has 2 aliphatic heterocycles. The van der Waals surface area contributed by atoms with Crippen LogP contribution in [0.4, 0.5) is 0 Å². The molecule has 0 saturated carbocycles. The first-order valence-corrected chi connectivity index (χ1v) is 13.6. The zero-order chi connectivity index (χ0) is 24.3. The van der Waals surface area contributed by atoms with Gasteiger partial charge in [-0.3, -0.25) is 4.79 Å². The maximum atomic E-state index is 13.0. The van der Waals surface area contributed by atoms with Crippen LogP contribution in [0.5, 0.6) is 0 Å². The van der Waals surface area contributed by atoms with Gasteiger partial charge in [0.15, 0.2) is 5.65 Å². The van der Waals surface area contributed by atoms with E-state index in [-0.39, 0.29) is 5.92 Å². The van der Waals surface area contributed by atoms with Crippen LogP contribution in [0, 0.1) is 12.8 Å². The van der Waals surface area contributed by atoms with E-state index in [1.807, 2.05) is 15.9 Å². The maximum Gasteiger partial charge on any atom is 0.227 e. The minimum atomic E-state index is 0.198. The van der Waals surface area contributed by atoms with Crippen molar-refractivity contribution >= 4 is 33.1 Å². The number of rotatable bonds is 4. The average Bonchev–Trinajstić information content (AvgIpc) is 3.61. The van der Waals surface area contributed by atoms with Gasteiger partial charge in [0, 0.05) is 36.3 Å². The van der Waals surface area contributed by atoms with E-state index >= 15 is 0 Å². The zero-order valence-electron chi connectivity index (χ0n) is 21.0. The fourth-order valence-corrected chi connectivity index (χ4v) is 7.49. The number of aryl methyl sites for hydroxylation is 1. The molecule has 2 fully saturated rings. The highest BCUT2D eigenvalue weighted by Crippen LogP contribution is 2.43. The van der Waals surface area contributed by atoms with Crippen molar-refractivity contribution in [2.75, 3.05) is 33.2 Å². The zero-order valence-corrected chi connectivity index (χ0v) is 21.9. The lowest BCUT2D eigenvalue weighted by atomic mass is 9.94. The van der Waals surface area contributed by atoms with Gasteiger partial charge in [0.25, 0.3) is 0 Å². The largest absolute Gasteiger partial charge is 0.354 e. The number of carbonyl (C=O) groups is 1. The van der Waals surface area contributed by atoms with E-state index in [0.29, 0.717) is 17.7 Å².